The van der Waals surface area contributed by atoms with Crippen LogP contribution in [-0.2, 0) is 10.8 Å². The van der Waals surface area contributed by atoms with E-state index in [-0.39, 0.29) is 16.4 Å². The van der Waals surface area contributed by atoms with Crippen LogP contribution in [0.1, 0.15) is 73.4 Å². The van der Waals surface area contributed by atoms with Gasteiger partial charge in [-0.05, 0) is 57.8 Å². The van der Waals surface area contributed by atoms with Gasteiger partial charge in [0.15, 0.2) is 0 Å². The molecule has 0 atom stereocenters. The van der Waals surface area contributed by atoms with E-state index in [9.17, 15) is 9.59 Å². The summed E-state index contributed by atoms with van der Waals surface area (Å²) in [5, 5.41) is 8.38. The topological polar surface area (TPSA) is 72.8 Å². The molecular weight excluding hydrogens is 404 g/mol. The van der Waals surface area contributed by atoms with E-state index in [1.54, 1.807) is 38.5 Å². The largest absolute Gasteiger partial charge is 0.496 e. The Kier molecular flexibility index (Phi) is 8.49. The van der Waals surface area contributed by atoms with Gasteiger partial charge in [-0.25, -0.2) is 4.79 Å². The number of carboxylic acid groups (broad SMARTS) is 1. The van der Waals surface area contributed by atoms with Crippen molar-refractivity contribution in [3.8, 4) is 11.5 Å². The zero-order valence-electron chi connectivity index (χ0n) is 18.9. The van der Waals surface area contributed by atoms with Crippen molar-refractivity contribution in [2.75, 3.05) is 14.2 Å². The third-order valence-corrected chi connectivity index (χ3v) is 4.71. The molecule has 0 saturated carbocycles. The van der Waals surface area contributed by atoms with E-state index in [1.165, 1.54) is 0 Å². The van der Waals surface area contributed by atoms with Crippen molar-refractivity contribution in [1.82, 2.24) is 0 Å². The third kappa shape index (κ3) is 6.77. The van der Waals surface area contributed by atoms with E-state index in [2.05, 4.69) is 41.5 Å². The molecule has 2 rings (SSSR count). The monoisotopic (exact) mass is 434 g/mol. The van der Waals surface area contributed by atoms with E-state index in [0.717, 1.165) is 11.1 Å². The number of rotatable bonds is 4. The van der Waals surface area contributed by atoms with E-state index >= 15 is 0 Å². The van der Waals surface area contributed by atoms with Gasteiger partial charge in [0.05, 0.1) is 19.8 Å². The predicted octanol–water partition coefficient (Wildman–Crippen LogP) is 6.06. The summed E-state index contributed by atoms with van der Waals surface area (Å²) in [6.07, 6.45) is 0. The summed E-state index contributed by atoms with van der Waals surface area (Å²) >= 11 is 5.40. The van der Waals surface area contributed by atoms with Crippen LogP contribution in [0, 0.1) is 0 Å². The SMILES string of the molecule is COc1cc(C(=O)Cl)ccc1C(C)(C)C.COc1cc(C(=O)O)ccc1C(C)(C)C. The van der Waals surface area contributed by atoms with Crippen molar-refractivity contribution >= 4 is 22.8 Å². The molecule has 0 aromatic heterocycles. The fourth-order valence-electron chi connectivity index (χ4n) is 2.88. The van der Waals surface area contributed by atoms with Gasteiger partial charge >= 0.3 is 5.97 Å². The van der Waals surface area contributed by atoms with Crippen LogP contribution in [0.25, 0.3) is 0 Å². The Morgan fingerprint density at radius 1 is 0.767 bits per heavy atom. The predicted molar refractivity (Wildman–Crippen MR) is 121 cm³/mol. The molecule has 1 N–H and O–H groups in total. The Morgan fingerprint density at radius 2 is 1.13 bits per heavy atom. The molecule has 164 valence electrons. The highest BCUT2D eigenvalue weighted by Gasteiger charge is 2.20. The summed E-state index contributed by atoms with van der Waals surface area (Å²) in [4.78, 5) is 21.8. The van der Waals surface area contributed by atoms with Crippen LogP contribution >= 0.6 is 11.6 Å². The van der Waals surface area contributed by atoms with Crippen molar-refractivity contribution < 1.29 is 24.2 Å². The number of carbonyl (C=O) groups is 2. The smallest absolute Gasteiger partial charge is 0.335 e. The number of halogens is 1. The lowest BCUT2D eigenvalue weighted by Gasteiger charge is -2.22. The summed E-state index contributed by atoms with van der Waals surface area (Å²) in [6, 6.07) is 10.2. The average molecular weight is 435 g/mol. The Bertz CT molecular complexity index is 829. The maximum atomic E-state index is 11.0. The lowest BCUT2D eigenvalue weighted by atomic mass is 9.86. The molecule has 0 amide bonds. The van der Waals surface area contributed by atoms with Gasteiger partial charge in [-0.15, -0.1) is 0 Å². The standard InChI is InChI=1S/C12H15ClO2.C12H16O3/c2*1-12(2,3)9-6-5-8(11(13)14)7-10(9)15-4/h5-7H,1-4H3;5-7H,1-4H3,(H,13,14). The van der Waals surface area contributed by atoms with Gasteiger partial charge in [-0.3, -0.25) is 4.79 Å². The minimum Gasteiger partial charge on any atom is -0.496 e. The van der Waals surface area contributed by atoms with Gasteiger partial charge in [-0.1, -0.05) is 53.7 Å². The van der Waals surface area contributed by atoms with Crippen molar-refractivity contribution in [2.45, 2.75) is 52.4 Å². The van der Waals surface area contributed by atoms with Crippen LogP contribution in [0.2, 0.25) is 0 Å². The first-order valence-electron chi connectivity index (χ1n) is 9.52. The van der Waals surface area contributed by atoms with Crippen molar-refractivity contribution in [2.24, 2.45) is 0 Å². The molecule has 2 aromatic rings. The molecule has 6 heteroatoms. The number of carbonyl (C=O) groups excluding carboxylic acids is 1. The Hall–Kier alpha value is -2.53. The number of methoxy groups -OCH3 is 2. The molecule has 5 nitrogen and oxygen atoms in total. The van der Waals surface area contributed by atoms with Crippen LogP contribution in [0.3, 0.4) is 0 Å². The molecule has 0 heterocycles. The van der Waals surface area contributed by atoms with Gasteiger partial charge in [-0.2, -0.15) is 0 Å². The minimum atomic E-state index is -0.936. The summed E-state index contributed by atoms with van der Waals surface area (Å²) < 4.78 is 10.5. The number of hydrogen-bond acceptors (Lipinski definition) is 4. The Labute approximate surface area is 184 Å². The highest BCUT2D eigenvalue weighted by Crippen LogP contribution is 2.33. The number of ether oxygens (including phenoxy) is 2. The second-order valence-corrected chi connectivity index (χ2v) is 9.25. The first-order valence-corrected chi connectivity index (χ1v) is 9.90. The molecule has 0 aliphatic carbocycles. The van der Waals surface area contributed by atoms with Gasteiger partial charge in [0.1, 0.15) is 11.5 Å². The Balaban J connectivity index is 0.000000300. The molecule has 0 fully saturated rings. The first kappa shape index (κ1) is 25.5. The van der Waals surface area contributed by atoms with Crippen LogP contribution < -0.4 is 9.47 Å². The first-order chi connectivity index (χ1) is 13.7. The highest BCUT2D eigenvalue weighted by atomic mass is 35.5. The molecular formula is C24H31ClO5. The van der Waals surface area contributed by atoms with Crippen molar-refractivity contribution in [3.63, 3.8) is 0 Å². The van der Waals surface area contributed by atoms with E-state index < -0.39 is 11.2 Å². The second kappa shape index (κ2) is 9.98. The summed E-state index contributed by atoms with van der Waals surface area (Å²) in [6.45, 7) is 12.5. The average Bonchev–Trinajstić information content (AvgIpc) is 2.65. The van der Waals surface area contributed by atoms with Crippen molar-refractivity contribution in [3.05, 3.63) is 58.7 Å². The number of carboxylic acids is 1. The fraction of sp³-hybridized carbons (Fsp3) is 0.417. The van der Waals surface area contributed by atoms with Crippen LogP contribution in [0.5, 0.6) is 11.5 Å². The maximum Gasteiger partial charge on any atom is 0.335 e. The van der Waals surface area contributed by atoms with Gasteiger partial charge < -0.3 is 14.6 Å². The fourth-order valence-corrected chi connectivity index (χ4v) is 2.99. The molecule has 0 unspecified atom stereocenters. The molecule has 0 aliphatic rings. The number of benzene rings is 2. The lowest BCUT2D eigenvalue weighted by Crippen LogP contribution is -2.13. The van der Waals surface area contributed by atoms with Gasteiger partial charge in [0.25, 0.3) is 5.24 Å². The molecule has 0 saturated heterocycles. The third-order valence-electron chi connectivity index (χ3n) is 4.49. The summed E-state index contributed by atoms with van der Waals surface area (Å²) in [5.41, 5.74) is 2.71. The summed E-state index contributed by atoms with van der Waals surface area (Å²) in [5.74, 6) is 0.394. The highest BCUT2D eigenvalue weighted by molar-refractivity contribution is 6.67. The molecule has 0 radical (unpaired) electrons. The van der Waals surface area contributed by atoms with E-state index in [4.69, 9.17) is 26.2 Å². The number of hydrogen-bond donors (Lipinski definition) is 1. The molecule has 2 aromatic carbocycles. The van der Waals surface area contributed by atoms with Crippen LogP contribution in [-0.4, -0.2) is 30.5 Å². The van der Waals surface area contributed by atoms with Gasteiger partial charge in [0, 0.05) is 5.56 Å². The van der Waals surface area contributed by atoms with E-state index in [0.29, 0.717) is 17.1 Å². The van der Waals surface area contributed by atoms with Crippen LogP contribution in [0.15, 0.2) is 36.4 Å². The van der Waals surface area contributed by atoms with Crippen molar-refractivity contribution in [1.29, 1.82) is 0 Å². The summed E-state index contributed by atoms with van der Waals surface area (Å²) in [7, 11) is 3.14. The molecule has 0 bridgehead atoms. The lowest BCUT2D eigenvalue weighted by molar-refractivity contribution is 0.0696. The zero-order chi connectivity index (χ0) is 23.3. The number of aromatic carboxylic acids is 1. The molecule has 0 aliphatic heterocycles. The van der Waals surface area contributed by atoms with Crippen LogP contribution in [0.4, 0.5) is 0 Å². The van der Waals surface area contributed by atoms with Gasteiger partial charge in [0.2, 0.25) is 0 Å². The second-order valence-electron chi connectivity index (χ2n) is 8.91. The molecule has 0 spiro atoms. The van der Waals surface area contributed by atoms with E-state index in [1.807, 2.05) is 12.1 Å². The quantitative estimate of drug-likeness (QED) is 0.592. The normalized spacial score (nSPS) is 11.2. The maximum absolute atomic E-state index is 11.0. The Morgan fingerprint density at radius 3 is 1.43 bits per heavy atom. The zero-order valence-corrected chi connectivity index (χ0v) is 19.7. The molecule has 30 heavy (non-hydrogen) atoms. The minimum absolute atomic E-state index is 0.0146.